The number of carbonyl (C=O) groups excluding carboxylic acids is 1. The van der Waals surface area contributed by atoms with E-state index in [1.807, 2.05) is 18.2 Å². The Morgan fingerprint density at radius 2 is 2.25 bits per heavy atom. The van der Waals surface area contributed by atoms with E-state index < -0.39 is 12.0 Å². The first-order chi connectivity index (χ1) is 7.13. The molecule has 1 amide bonds. The van der Waals surface area contributed by atoms with E-state index in [0.717, 1.165) is 10.0 Å². The summed E-state index contributed by atoms with van der Waals surface area (Å²) in [6.45, 7) is 0. The SMILES string of the molecule is O=[C-]NC(Cc1cccc(Br)c1)C(=O)O.[Fm]. The predicted molar refractivity (Wildman–Crippen MR) is 58.1 cm³/mol. The van der Waals surface area contributed by atoms with Gasteiger partial charge in [-0.3, -0.25) is 4.79 Å². The Hall–Kier alpha value is -2.36. The third kappa shape index (κ3) is 3.79. The number of hydrogen-bond acceptors (Lipinski definition) is 2. The summed E-state index contributed by atoms with van der Waals surface area (Å²) in [4.78, 5) is 20.8. The first-order valence-electron chi connectivity index (χ1n) is 4.23. The monoisotopic (exact) mass is 527 g/mol. The molecule has 1 unspecified atom stereocenters. The van der Waals surface area contributed by atoms with E-state index in [1.165, 1.54) is 6.41 Å². The molecule has 0 spiro atoms. The average Bonchev–Trinajstić information content (AvgIpc) is 2.17. The summed E-state index contributed by atoms with van der Waals surface area (Å²) in [7, 11) is 0. The molecule has 0 saturated carbocycles. The van der Waals surface area contributed by atoms with Gasteiger partial charge in [0.2, 0.25) is 0 Å². The van der Waals surface area contributed by atoms with Crippen molar-refractivity contribution in [2.24, 2.45) is 0 Å². The minimum atomic E-state index is -1.07. The van der Waals surface area contributed by atoms with Gasteiger partial charge < -0.3 is 15.2 Å². The molecule has 0 aromatic heterocycles. The van der Waals surface area contributed by atoms with Crippen molar-refractivity contribution < 1.29 is 14.7 Å². The number of hydrogen-bond donors (Lipinski definition) is 2. The molecule has 1 rings (SSSR count). The zero-order chi connectivity index (χ0) is 11.3. The third-order valence-electron chi connectivity index (χ3n) is 1.86. The van der Waals surface area contributed by atoms with Gasteiger partial charge in [-0.1, -0.05) is 28.1 Å². The fourth-order valence-electron chi connectivity index (χ4n) is 1.17. The summed E-state index contributed by atoms with van der Waals surface area (Å²) >= 11 is 3.28. The Morgan fingerprint density at radius 1 is 1.56 bits per heavy atom. The number of carbonyl (C=O) groups is 1. The number of halogens is 1. The van der Waals surface area contributed by atoms with Crippen LogP contribution in [0.5, 0.6) is 0 Å². The number of rotatable bonds is 5. The van der Waals surface area contributed by atoms with E-state index in [9.17, 15) is 9.59 Å². The van der Waals surface area contributed by atoms with Crippen molar-refractivity contribution in [3.05, 3.63) is 34.3 Å². The van der Waals surface area contributed by atoms with Crippen LogP contribution >= 0.6 is 15.9 Å². The first kappa shape index (κ1) is 13.6. The van der Waals surface area contributed by atoms with E-state index >= 15 is 0 Å². The standard InChI is InChI=1S/C10H9BrNO3.Fm/c11-8-3-1-2-7(4-8)5-9(10(14)15)12-6-13;/h1-4,9H,5H2,(H,12,13)(H,14,15);/q-1;. The largest absolute Gasteiger partial charge is 0.520 e. The molecule has 92 valence electrons. The smallest absolute Gasteiger partial charge is 0.323 e. The topological polar surface area (TPSA) is 66.4 Å². The molecule has 0 aliphatic heterocycles. The van der Waals surface area contributed by atoms with Gasteiger partial charge in [0, 0.05) is 10.9 Å². The molecule has 0 bridgehead atoms. The van der Waals surface area contributed by atoms with Crippen molar-refractivity contribution >= 4 is 28.3 Å². The van der Waals surface area contributed by atoms with Gasteiger partial charge in [0.15, 0.2) is 0 Å². The second kappa shape index (κ2) is 6.19. The number of carboxylic acids is 1. The molecule has 2 N–H and O–H groups in total. The van der Waals surface area contributed by atoms with Crippen LogP contribution in [0.1, 0.15) is 5.56 Å². The maximum atomic E-state index is 10.7. The van der Waals surface area contributed by atoms with Crippen molar-refractivity contribution in [1.29, 1.82) is 0 Å². The van der Waals surface area contributed by atoms with Crippen LogP contribution in [0.2, 0.25) is 0 Å². The molecule has 1 aromatic rings. The minimum Gasteiger partial charge on any atom is -0.520 e. The molecule has 1 aromatic carbocycles. The average molecular weight is 528 g/mol. The molecule has 0 saturated heterocycles. The van der Waals surface area contributed by atoms with E-state index in [2.05, 4.69) is 21.2 Å². The first-order valence-corrected chi connectivity index (χ1v) is 5.02. The van der Waals surface area contributed by atoms with Gasteiger partial charge in [-0.25, -0.2) is 0 Å². The van der Waals surface area contributed by atoms with Gasteiger partial charge >= 0.3 is 5.97 Å². The van der Waals surface area contributed by atoms with Crippen LogP contribution in [0.4, 0.5) is 0 Å². The van der Waals surface area contributed by atoms with E-state index in [-0.39, 0.29) is 6.42 Å². The van der Waals surface area contributed by atoms with Gasteiger partial charge in [-0.05, 0) is 17.7 Å². The number of amides is 1. The van der Waals surface area contributed by atoms with Crippen LogP contribution in [0.25, 0.3) is 0 Å². The molecular formula is C10H9BrFmNO3-. The van der Waals surface area contributed by atoms with Gasteiger partial charge in [-0.15, -0.1) is 0 Å². The molecule has 6 heteroatoms. The number of nitrogens with one attached hydrogen (secondary N) is 1. The van der Waals surface area contributed by atoms with Crippen molar-refractivity contribution in [3.63, 3.8) is 0 Å². The summed E-state index contributed by atoms with van der Waals surface area (Å²) < 4.78 is 0.874. The van der Waals surface area contributed by atoms with Crippen LogP contribution < -0.4 is 5.32 Å². The number of aliphatic carboxylic acids is 1. The second-order valence-electron chi connectivity index (χ2n) is 2.97. The Morgan fingerprint density at radius 3 is 2.75 bits per heavy atom. The summed E-state index contributed by atoms with van der Waals surface area (Å²) in [5, 5.41) is 10.9. The van der Waals surface area contributed by atoms with E-state index in [0.29, 0.717) is 0 Å². The third-order valence-corrected chi connectivity index (χ3v) is 2.35. The maximum Gasteiger partial charge on any atom is 0.323 e. The van der Waals surface area contributed by atoms with Gasteiger partial charge in [-0.2, -0.15) is 6.41 Å². The van der Waals surface area contributed by atoms with Crippen molar-refractivity contribution in [2.45, 2.75) is 12.5 Å². The molecule has 0 aliphatic carbocycles. The molecule has 0 radical (unpaired) electrons. The molecular weight excluding hydrogens is 519 g/mol. The second-order valence-corrected chi connectivity index (χ2v) is 3.89. The maximum absolute atomic E-state index is 10.7. The predicted octanol–water partition coefficient (Wildman–Crippen LogP) is 1.10. The Labute approximate surface area is 95.4 Å². The van der Waals surface area contributed by atoms with Crippen LogP contribution in [0, 0.1) is 0 Å². The summed E-state index contributed by atoms with van der Waals surface area (Å²) in [5.74, 6) is -1.07. The normalized spacial score (nSPS) is 11.1. The van der Waals surface area contributed by atoms with Crippen molar-refractivity contribution in [2.75, 3.05) is 0 Å². The van der Waals surface area contributed by atoms with Crippen molar-refractivity contribution in [1.82, 2.24) is 5.32 Å². The van der Waals surface area contributed by atoms with Crippen LogP contribution in [0.3, 0.4) is 0 Å². The fourth-order valence-corrected chi connectivity index (χ4v) is 1.62. The zero-order valence-electron chi connectivity index (χ0n) is 8.02. The van der Waals surface area contributed by atoms with Crippen molar-refractivity contribution in [3.8, 4) is 0 Å². The molecule has 0 heterocycles. The van der Waals surface area contributed by atoms with Crippen LogP contribution in [0.15, 0.2) is 28.7 Å². The van der Waals surface area contributed by atoms with Crippen LogP contribution in [-0.2, 0) is 16.0 Å². The van der Waals surface area contributed by atoms with Gasteiger partial charge in [0.05, 0.1) is 0 Å². The minimum absolute atomic E-state index is 0. The summed E-state index contributed by atoms with van der Waals surface area (Å²) in [6.07, 6.45) is 1.63. The fraction of sp³-hybridized carbons (Fsp3) is 0.200. The summed E-state index contributed by atoms with van der Waals surface area (Å²) in [6, 6.07) is 6.33. The van der Waals surface area contributed by atoms with Gasteiger partial charge in [0.25, 0.3) is 0 Å². The van der Waals surface area contributed by atoms with E-state index in [1.54, 1.807) is 6.07 Å². The Kier molecular flexibility index (Phi) is 5.27. The quantitative estimate of drug-likeness (QED) is 0.445. The van der Waals surface area contributed by atoms with Gasteiger partial charge in [0.1, 0.15) is 6.04 Å². The molecule has 0 aliphatic rings. The Balaban J connectivity index is 0.00000225. The molecule has 4 nitrogen and oxygen atoms in total. The zero-order valence-corrected chi connectivity index (χ0v) is 12.0. The summed E-state index contributed by atoms with van der Waals surface area (Å²) in [5.41, 5.74) is 0.833. The molecule has 16 heavy (non-hydrogen) atoms. The van der Waals surface area contributed by atoms with Crippen LogP contribution in [-0.4, -0.2) is 23.5 Å². The molecule has 0 fully saturated rings. The Bertz CT molecular complexity index is 373. The van der Waals surface area contributed by atoms with E-state index in [4.69, 9.17) is 5.11 Å². The molecule has 1 atom stereocenters. The number of carboxylic acid groups (broad SMARTS) is 1. The number of benzene rings is 1.